The van der Waals surface area contributed by atoms with E-state index in [0.717, 1.165) is 18.7 Å². The first-order chi connectivity index (χ1) is 8.45. The monoisotopic (exact) mass is 277 g/mol. The Morgan fingerprint density at radius 2 is 1.83 bits per heavy atom. The summed E-state index contributed by atoms with van der Waals surface area (Å²) in [5, 5.41) is 13.1. The maximum absolute atomic E-state index is 9.78. The highest BCUT2D eigenvalue weighted by atomic mass is 32.2. The third-order valence-corrected chi connectivity index (χ3v) is 3.60. The van der Waals surface area contributed by atoms with Crippen molar-refractivity contribution in [2.75, 3.05) is 31.7 Å². The largest absolute Gasteiger partial charge is 0.389 e. The molecule has 18 heavy (non-hydrogen) atoms. The van der Waals surface area contributed by atoms with Gasteiger partial charge in [-0.25, -0.2) is 0 Å². The molecule has 0 saturated carbocycles. The lowest BCUT2D eigenvalue weighted by Gasteiger charge is -2.19. The molecule has 0 aromatic rings. The molecule has 3 atom stereocenters. The van der Waals surface area contributed by atoms with Crippen LogP contribution in [0.2, 0.25) is 0 Å². The van der Waals surface area contributed by atoms with E-state index in [1.54, 1.807) is 0 Å². The average molecular weight is 277 g/mol. The van der Waals surface area contributed by atoms with Crippen LogP contribution in [0.15, 0.2) is 0 Å². The normalized spacial score (nSPS) is 16.8. The molecule has 4 heteroatoms. The highest BCUT2D eigenvalue weighted by Gasteiger charge is 2.10. The summed E-state index contributed by atoms with van der Waals surface area (Å²) in [7, 11) is 0. The first-order valence-electron chi connectivity index (χ1n) is 6.95. The average Bonchev–Trinajstić information content (AvgIpc) is 2.26. The first-order valence-corrected chi connectivity index (χ1v) is 8.34. The molecule has 0 aromatic heterocycles. The SMILES string of the molecule is CSCC(C)CNCC(O)COC(C)CC(C)C. The van der Waals surface area contributed by atoms with Crippen molar-refractivity contribution in [2.45, 2.75) is 46.3 Å². The molecule has 0 aliphatic carbocycles. The Hall–Kier alpha value is 0.230. The van der Waals surface area contributed by atoms with Crippen LogP contribution < -0.4 is 5.32 Å². The molecule has 3 nitrogen and oxygen atoms in total. The Balaban J connectivity index is 3.50. The van der Waals surface area contributed by atoms with E-state index in [2.05, 4.69) is 39.3 Å². The van der Waals surface area contributed by atoms with E-state index in [1.165, 1.54) is 0 Å². The molecule has 2 N–H and O–H groups in total. The van der Waals surface area contributed by atoms with Crippen molar-refractivity contribution in [3.8, 4) is 0 Å². The van der Waals surface area contributed by atoms with Crippen molar-refractivity contribution >= 4 is 11.8 Å². The van der Waals surface area contributed by atoms with Gasteiger partial charge < -0.3 is 15.2 Å². The smallest absolute Gasteiger partial charge is 0.0897 e. The maximum Gasteiger partial charge on any atom is 0.0897 e. The molecule has 0 radical (unpaired) electrons. The predicted molar refractivity (Wildman–Crippen MR) is 81.3 cm³/mol. The van der Waals surface area contributed by atoms with Crippen LogP contribution in [0.5, 0.6) is 0 Å². The lowest BCUT2D eigenvalue weighted by molar-refractivity contribution is -0.00859. The third-order valence-electron chi connectivity index (χ3n) is 2.70. The number of hydrogen-bond donors (Lipinski definition) is 2. The zero-order valence-electron chi connectivity index (χ0n) is 12.6. The van der Waals surface area contributed by atoms with Crippen LogP contribution in [-0.2, 0) is 4.74 Å². The molecule has 0 aromatic carbocycles. The summed E-state index contributed by atoms with van der Waals surface area (Å²) in [6.07, 6.45) is 3.00. The number of hydrogen-bond acceptors (Lipinski definition) is 4. The molecular weight excluding hydrogens is 246 g/mol. The molecule has 0 saturated heterocycles. The number of aliphatic hydroxyl groups excluding tert-OH is 1. The van der Waals surface area contributed by atoms with Gasteiger partial charge in [-0.15, -0.1) is 0 Å². The number of ether oxygens (including phenoxy) is 1. The summed E-state index contributed by atoms with van der Waals surface area (Å²) < 4.78 is 5.63. The van der Waals surface area contributed by atoms with Crippen molar-refractivity contribution in [1.29, 1.82) is 0 Å². The second-order valence-corrected chi connectivity index (χ2v) is 6.56. The molecule has 0 heterocycles. The van der Waals surface area contributed by atoms with Crippen LogP contribution in [-0.4, -0.2) is 49.0 Å². The third kappa shape index (κ3) is 11.3. The summed E-state index contributed by atoms with van der Waals surface area (Å²) in [6, 6.07) is 0. The van der Waals surface area contributed by atoms with Gasteiger partial charge in [0, 0.05) is 6.54 Å². The van der Waals surface area contributed by atoms with Gasteiger partial charge in [0.1, 0.15) is 0 Å². The van der Waals surface area contributed by atoms with E-state index in [9.17, 15) is 5.11 Å². The minimum atomic E-state index is -0.402. The highest BCUT2D eigenvalue weighted by Crippen LogP contribution is 2.07. The Morgan fingerprint density at radius 1 is 1.17 bits per heavy atom. The summed E-state index contributed by atoms with van der Waals surface area (Å²) in [5.41, 5.74) is 0. The fourth-order valence-corrected chi connectivity index (χ4v) is 2.59. The van der Waals surface area contributed by atoms with Crippen LogP contribution in [0.3, 0.4) is 0 Å². The van der Waals surface area contributed by atoms with Gasteiger partial charge in [-0.05, 0) is 43.7 Å². The van der Waals surface area contributed by atoms with Gasteiger partial charge in [0.05, 0.1) is 18.8 Å². The molecular formula is C14H31NO2S. The number of rotatable bonds is 11. The summed E-state index contributed by atoms with van der Waals surface area (Å²) in [4.78, 5) is 0. The van der Waals surface area contributed by atoms with Crippen LogP contribution in [0, 0.1) is 11.8 Å². The van der Waals surface area contributed by atoms with E-state index in [-0.39, 0.29) is 6.10 Å². The van der Waals surface area contributed by atoms with Crippen LogP contribution in [0.25, 0.3) is 0 Å². The zero-order valence-corrected chi connectivity index (χ0v) is 13.4. The Bertz CT molecular complexity index is 191. The van der Waals surface area contributed by atoms with Crippen LogP contribution >= 0.6 is 11.8 Å². The first kappa shape index (κ1) is 18.2. The van der Waals surface area contributed by atoms with Gasteiger partial charge in [-0.2, -0.15) is 11.8 Å². The molecule has 0 spiro atoms. The number of aliphatic hydroxyl groups is 1. The van der Waals surface area contributed by atoms with Gasteiger partial charge in [0.15, 0.2) is 0 Å². The van der Waals surface area contributed by atoms with Gasteiger partial charge in [0.2, 0.25) is 0 Å². The lowest BCUT2D eigenvalue weighted by atomic mass is 10.1. The summed E-state index contributed by atoms with van der Waals surface area (Å²) >= 11 is 1.86. The fourth-order valence-electron chi connectivity index (χ4n) is 1.91. The molecule has 110 valence electrons. The van der Waals surface area contributed by atoms with E-state index in [1.807, 2.05) is 11.8 Å². The van der Waals surface area contributed by atoms with Crippen LogP contribution in [0.4, 0.5) is 0 Å². The van der Waals surface area contributed by atoms with E-state index in [4.69, 9.17) is 4.74 Å². The van der Waals surface area contributed by atoms with Crippen LogP contribution in [0.1, 0.15) is 34.1 Å². The standard InChI is InChI=1S/C14H31NO2S/c1-11(2)6-13(4)17-9-14(16)8-15-7-12(3)10-18-5/h11-16H,6-10H2,1-5H3. The van der Waals surface area contributed by atoms with E-state index >= 15 is 0 Å². The second-order valence-electron chi connectivity index (χ2n) is 5.65. The minimum Gasteiger partial charge on any atom is -0.389 e. The van der Waals surface area contributed by atoms with Crippen molar-refractivity contribution < 1.29 is 9.84 Å². The van der Waals surface area contributed by atoms with Gasteiger partial charge >= 0.3 is 0 Å². The van der Waals surface area contributed by atoms with Gasteiger partial charge in [-0.3, -0.25) is 0 Å². The predicted octanol–water partition coefficient (Wildman–Crippen LogP) is 2.39. The molecule has 0 aliphatic heterocycles. The molecule has 0 rings (SSSR count). The fraction of sp³-hybridized carbons (Fsp3) is 1.00. The maximum atomic E-state index is 9.78. The summed E-state index contributed by atoms with van der Waals surface area (Å²) in [5.74, 6) is 2.45. The lowest BCUT2D eigenvalue weighted by Crippen LogP contribution is -2.34. The van der Waals surface area contributed by atoms with Crippen molar-refractivity contribution in [2.24, 2.45) is 11.8 Å². The van der Waals surface area contributed by atoms with Crippen molar-refractivity contribution in [1.82, 2.24) is 5.32 Å². The van der Waals surface area contributed by atoms with Gasteiger partial charge in [-0.1, -0.05) is 20.8 Å². The number of thioether (sulfide) groups is 1. The molecule has 3 unspecified atom stereocenters. The summed E-state index contributed by atoms with van der Waals surface area (Å²) in [6.45, 7) is 10.7. The Kier molecular flexibility index (Phi) is 11.2. The molecule has 0 fully saturated rings. The van der Waals surface area contributed by atoms with Crippen molar-refractivity contribution in [3.63, 3.8) is 0 Å². The molecule has 0 amide bonds. The van der Waals surface area contributed by atoms with E-state index < -0.39 is 6.10 Å². The van der Waals surface area contributed by atoms with Gasteiger partial charge in [0.25, 0.3) is 0 Å². The minimum absolute atomic E-state index is 0.232. The second kappa shape index (κ2) is 11.1. The zero-order chi connectivity index (χ0) is 14.0. The van der Waals surface area contributed by atoms with Crippen molar-refractivity contribution in [3.05, 3.63) is 0 Å². The molecule has 0 bridgehead atoms. The van der Waals surface area contributed by atoms with E-state index in [0.29, 0.717) is 25.0 Å². The number of nitrogens with one attached hydrogen (secondary N) is 1. The Morgan fingerprint density at radius 3 is 2.39 bits per heavy atom. The highest BCUT2D eigenvalue weighted by molar-refractivity contribution is 7.98. The molecule has 0 aliphatic rings. The Labute approximate surface area is 117 Å². The topological polar surface area (TPSA) is 41.5 Å². The quantitative estimate of drug-likeness (QED) is 0.608.